The van der Waals surface area contributed by atoms with Gasteiger partial charge in [0.25, 0.3) is 0 Å². The first-order valence-electron chi connectivity index (χ1n) is 9.26. The number of hydrogen-bond acceptors (Lipinski definition) is 5. The smallest absolute Gasteiger partial charge is 0.246 e. The van der Waals surface area contributed by atoms with Crippen molar-refractivity contribution in [2.24, 2.45) is 10.9 Å². The molecule has 0 saturated carbocycles. The number of nitrogens with zero attached hydrogens (tertiary/aromatic N) is 4. The number of hydrogen-bond donors (Lipinski definition) is 2. The molecular formula is C19H28ClIN6O. The Morgan fingerprint density at radius 3 is 2.82 bits per heavy atom. The molecule has 0 amide bonds. The van der Waals surface area contributed by atoms with E-state index in [2.05, 4.69) is 51.4 Å². The highest BCUT2D eigenvalue weighted by Gasteiger charge is 2.31. The molecule has 1 saturated heterocycles. The molecule has 2 heterocycles. The van der Waals surface area contributed by atoms with Crippen LogP contribution in [0, 0.1) is 5.92 Å². The van der Waals surface area contributed by atoms with Gasteiger partial charge in [-0.3, -0.25) is 9.89 Å². The third-order valence-electron chi connectivity index (χ3n) is 4.87. The molecule has 0 radical (unpaired) electrons. The molecule has 1 fully saturated rings. The maximum Gasteiger partial charge on any atom is 0.246 e. The summed E-state index contributed by atoms with van der Waals surface area (Å²) in [6.07, 6.45) is 0. The molecule has 28 heavy (non-hydrogen) atoms. The Hall–Kier alpha value is -1.39. The summed E-state index contributed by atoms with van der Waals surface area (Å²) in [6, 6.07) is 8.30. The maximum atomic E-state index is 6.02. The van der Waals surface area contributed by atoms with Crippen molar-refractivity contribution in [3.05, 3.63) is 35.2 Å². The number of nitrogens with one attached hydrogen (secondary N) is 2. The van der Waals surface area contributed by atoms with E-state index in [9.17, 15) is 0 Å². The largest absolute Gasteiger partial charge is 0.352 e. The lowest BCUT2D eigenvalue weighted by Crippen LogP contribution is -2.46. The molecule has 2 unspecified atom stereocenters. The lowest BCUT2D eigenvalue weighted by Gasteiger charge is -2.21. The van der Waals surface area contributed by atoms with Crippen LogP contribution in [0.4, 0.5) is 0 Å². The monoisotopic (exact) mass is 518 g/mol. The van der Waals surface area contributed by atoms with Crippen molar-refractivity contribution in [1.29, 1.82) is 0 Å². The molecule has 3 rings (SSSR count). The van der Waals surface area contributed by atoms with Crippen LogP contribution in [-0.2, 0) is 6.54 Å². The van der Waals surface area contributed by atoms with Crippen molar-refractivity contribution in [2.45, 2.75) is 39.4 Å². The first-order valence-corrected chi connectivity index (χ1v) is 9.63. The van der Waals surface area contributed by atoms with Gasteiger partial charge in [-0.15, -0.1) is 24.0 Å². The van der Waals surface area contributed by atoms with Gasteiger partial charge in [-0.25, -0.2) is 0 Å². The fourth-order valence-corrected chi connectivity index (χ4v) is 3.41. The number of rotatable bonds is 5. The summed E-state index contributed by atoms with van der Waals surface area (Å²) in [5.41, 5.74) is 0.827. The van der Waals surface area contributed by atoms with Crippen LogP contribution in [0.3, 0.4) is 0 Å². The molecule has 0 bridgehead atoms. The quantitative estimate of drug-likeness (QED) is 0.359. The van der Waals surface area contributed by atoms with Crippen molar-refractivity contribution in [3.8, 4) is 11.4 Å². The van der Waals surface area contributed by atoms with Gasteiger partial charge >= 0.3 is 0 Å². The molecule has 0 aliphatic carbocycles. The average molecular weight is 519 g/mol. The first kappa shape index (κ1) is 22.9. The summed E-state index contributed by atoms with van der Waals surface area (Å²) in [6.45, 7) is 9.24. The normalized spacial score (nSPS) is 20.3. The minimum atomic E-state index is 0. The predicted molar refractivity (Wildman–Crippen MR) is 123 cm³/mol. The Kier molecular flexibility index (Phi) is 8.51. The van der Waals surface area contributed by atoms with E-state index in [-0.39, 0.29) is 24.0 Å². The SMILES string of the molecule is CN=C(NCc1nc(-c2cccc(Cl)c2)no1)NC1CN(C(C)C)CC1C.I. The standard InChI is InChI=1S/C19H27ClN6O.HI/c1-12(2)26-10-13(3)16(11-26)23-19(21-4)22-9-17-24-18(25-27-17)14-6-5-7-15(20)8-14;/h5-8,12-13,16H,9-11H2,1-4H3,(H2,21,22,23);1H. The molecule has 9 heteroatoms. The van der Waals surface area contributed by atoms with E-state index < -0.39 is 0 Å². The van der Waals surface area contributed by atoms with Crippen LogP contribution in [0.5, 0.6) is 0 Å². The second-order valence-corrected chi connectivity index (χ2v) is 7.66. The van der Waals surface area contributed by atoms with E-state index in [0.717, 1.165) is 24.6 Å². The van der Waals surface area contributed by atoms with Gasteiger partial charge in [0.2, 0.25) is 11.7 Å². The Balaban J connectivity index is 0.00000280. The van der Waals surface area contributed by atoms with Crippen LogP contribution in [0.15, 0.2) is 33.8 Å². The predicted octanol–water partition coefficient (Wildman–Crippen LogP) is 3.40. The van der Waals surface area contributed by atoms with Crippen molar-refractivity contribution < 1.29 is 4.52 Å². The Bertz CT molecular complexity index is 796. The third-order valence-corrected chi connectivity index (χ3v) is 5.11. The Morgan fingerprint density at radius 1 is 1.39 bits per heavy atom. The summed E-state index contributed by atoms with van der Waals surface area (Å²) < 4.78 is 5.34. The van der Waals surface area contributed by atoms with Gasteiger partial charge in [-0.05, 0) is 31.9 Å². The van der Waals surface area contributed by atoms with Gasteiger partial charge in [0.15, 0.2) is 5.96 Å². The van der Waals surface area contributed by atoms with Gasteiger partial charge in [0.1, 0.15) is 0 Å². The maximum absolute atomic E-state index is 6.02. The lowest BCUT2D eigenvalue weighted by atomic mass is 10.1. The topological polar surface area (TPSA) is 78.6 Å². The van der Waals surface area contributed by atoms with E-state index in [1.165, 1.54) is 0 Å². The van der Waals surface area contributed by atoms with E-state index in [1.54, 1.807) is 7.05 Å². The number of halogens is 2. The van der Waals surface area contributed by atoms with Gasteiger partial charge in [0.05, 0.1) is 6.54 Å². The van der Waals surface area contributed by atoms with Crippen LogP contribution < -0.4 is 10.6 Å². The molecule has 2 atom stereocenters. The molecule has 2 N–H and O–H groups in total. The highest BCUT2D eigenvalue weighted by molar-refractivity contribution is 14.0. The zero-order valence-corrected chi connectivity index (χ0v) is 19.7. The van der Waals surface area contributed by atoms with E-state index in [1.807, 2.05) is 24.3 Å². The Labute approximate surface area is 188 Å². The van der Waals surface area contributed by atoms with Gasteiger partial charge in [-0.2, -0.15) is 4.98 Å². The van der Waals surface area contributed by atoms with Crippen molar-refractivity contribution in [1.82, 2.24) is 25.7 Å². The highest BCUT2D eigenvalue weighted by atomic mass is 127. The summed E-state index contributed by atoms with van der Waals surface area (Å²) >= 11 is 6.02. The first-order chi connectivity index (χ1) is 13.0. The number of guanidine groups is 1. The molecule has 2 aromatic rings. The molecule has 7 nitrogen and oxygen atoms in total. The van der Waals surface area contributed by atoms with Gasteiger partial charge in [-0.1, -0.05) is 35.8 Å². The van der Waals surface area contributed by atoms with Crippen molar-refractivity contribution in [3.63, 3.8) is 0 Å². The number of benzene rings is 1. The van der Waals surface area contributed by atoms with Crippen LogP contribution in [0.1, 0.15) is 26.7 Å². The van der Waals surface area contributed by atoms with Crippen LogP contribution in [-0.4, -0.2) is 53.2 Å². The second kappa shape index (κ2) is 10.4. The van der Waals surface area contributed by atoms with Gasteiger partial charge in [0, 0.05) is 42.8 Å². The minimum Gasteiger partial charge on any atom is -0.352 e. The molecule has 0 spiro atoms. The van der Waals surface area contributed by atoms with Crippen molar-refractivity contribution >= 4 is 41.5 Å². The Morgan fingerprint density at radius 2 is 2.18 bits per heavy atom. The van der Waals surface area contributed by atoms with Crippen LogP contribution >= 0.6 is 35.6 Å². The number of aliphatic imine (C=N–C) groups is 1. The summed E-state index contributed by atoms with van der Waals surface area (Å²) in [5.74, 6) is 2.31. The van der Waals surface area contributed by atoms with Crippen LogP contribution in [0.2, 0.25) is 5.02 Å². The molecule has 1 aromatic heterocycles. The molecule has 1 aromatic carbocycles. The van der Waals surface area contributed by atoms with Crippen molar-refractivity contribution in [2.75, 3.05) is 20.1 Å². The molecule has 1 aliphatic heterocycles. The second-order valence-electron chi connectivity index (χ2n) is 7.22. The average Bonchev–Trinajstić information content (AvgIpc) is 3.25. The van der Waals surface area contributed by atoms with E-state index in [4.69, 9.17) is 16.1 Å². The molecule has 1 aliphatic rings. The lowest BCUT2D eigenvalue weighted by molar-refractivity contribution is 0.265. The summed E-state index contributed by atoms with van der Waals surface area (Å²) in [5, 5.41) is 11.4. The third kappa shape index (κ3) is 5.81. The zero-order chi connectivity index (χ0) is 19.4. The minimum absolute atomic E-state index is 0. The number of likely N-dealkylation sites (tertiary alicyclic amines) is 1. The van der Waals surface area contributed by atoms with Crippen LogP contribution in [0.25, 0.3) is 11.4 Å². The van der Waals surface area contributed by atoms with E-state index >= 15 is 0 Å². The molecular weight excluding hydrogens is 491 g/mol. The highest BCUT2D eigenvalue weighted by Crippen LogP contribution is 2.20. The molecule has 154 valence electrons. The van der Waals surface area contributed by atoms with Gasteiger partial charge < -0.3 is 15.2 Å². The van der Waals surface area contributed by atoms with E-state index in [0.29, 0.717) is 41.3 Å². The zero-order valence-electron chi connectivity index (χ0n) is 16.6. The fourth-order valence-electron chi connectivity index (χ4n) is 3.21. The summed E-state index contributed by atoms with van der Waals surface area (Å²) in [7, 11) is 1.76. The summed E-state index contributed by atoms with van der Waals surface area (Å²) in [4.78, 5) is 11.2. The number of aromatic nitrogens is 2. The fraction of sp³-hybridized carbons (Fsp3) is 0.526.